The smallest absolute Gasteiger partial charge is 0.336 e. The average molecular weight is 434 g/mol. The Morgan fingerprint density at radius 3 is 1.37 bits per heavy atom. The molecule has 0 bridgehead atoms. The minimum atomic E-state index is -1.23. The summed E-state index contributed by atoms with van der Waals surface area (Å²) in [5, 5.41) is 50.8. The van der Waals surface area contributed by atoms with Gasteiger partial charge >= 0.3 is 11.9 Å². The largest absolute Gasteiger partial charge is 0.478 e. The number of rotatable bonds is 12. The third-order valence-corrected chi connectivity index (χ3v) is 3.32. The molecule has 0 aliphatic rings. The Balaban J connectivity index is 0. The van der Waals surface area contributed by atoms with E-state index in [-0.39, 0.29) is 24.3 Å². The molecule has 0 amide bonds. The zero-order valence-corrected chi connectivity index (χ0v) is 17.4. The maximum atomic E-state index is 10.5. The predicted octanol–water partition coefficient (Wildman–Crippen LogP) is 1.31. The maximum absolute atomic E-state index is 10.5. The van der Waals surface area contributed by atoms with Crippen LogP contribution in [0.3, 0.4) is 0 Å². The van der Waals surface area contributed by atoms with E-state index in [1.807, 2.05) is 13.8 Å². The third kappa shape index (κ3) is 16.8. The molecule has 1 aromatic rings. The zero-order chi connectivity index (χ0) is 23.4. The van der Waals surface area contributed by atoms with Crippen molar-refractivity contribution in [3.05, 3.63) is 35.4 Å². The van der Waals surface area contributed by atoms with Crippen LogP contribution in [0, 0.1) is 0 Å². The van der Waals surface area contributed by atoms with Crippen LogP contribution >= 0.6 is 0 Å². The first-order valence-electron chi connectivity index (χ1n) is 9.61. The van der Waals surface area contributed by atoms with E-state index >= 15 is 0 Å². The number of aliphatic hydroxyl groups excluding tert-OH is 4. The van der Waals surface area contributed by atoms with Crippen molar-refractivity contribution in [2.45, 2.75) is 52.1 Å². The predicted molar refractivity (Wildman–Crippen MR) is 108 cm³/mol. The van der Waals surface area contributed by atoms with Crippen LogP contribution in [0.1, 0.15) is 60.2 Å². The molecule has 0 aliphatic carbocycles. The van der Waals surface area contributed by atoms with Gasteiger partial charge in [-0.15, -0.1) is 0 Å². The fraction of sp³-hybridized carbons (Fsp3) is 0.600. The molecular formula is C20H34O10. The van der Waals surface area contributed by atoms with E-state index in [0.717, 1.165) is 25.7 Å². The van der Waals surface area contributed by atoms with E-state index in [1.165, 1.54) is 24.3 Å². The molecule has 0 fully saturated rings. The average Bonchev–Trinajstić information content (AvgIpc) is 2.74. The molecule has 2 unspecified atom stereocenters. The van der Waals surface area contributed by atoms with E-state index in [4.69, 9.17) is 40.1 Å². The number of hydrogen-bond donors (Lipinski definition) is 6. The molecule has 0 heterocycles. The molecule has 0 saturated heterocycles. The number of aromatic carboxylic acids is 2. The van der Waals surface area contributed by atoms with E-state index in [0.29, 0.717) is 13.2 Å². The summed E-state index contributed by atoms with van der Waals surface area (Å²) in [6, 6.07) is 5.48. The fourth-order valence-corrected chi connectivity index (χ4v) is 1.69. The molecule has 0 spiro atoms. The number of benzene rings is 1. The molecule has 2 atom stereocenters. The number of unbranched alkanes of at least 4 members (excludes halogenated alkanes) is 2. The standard InChI is InChI=1S/C8H6O4.2C6H14O3/c9-7(10)5-3-1-2-4-6(5)8(11)12;2*1-2-3-4-9-6(8)5-7/h1-4H,(H,9,10)(H,11,12);2*6-8H,2-5H2,1H3. The molecule has 1 rings (SSSR count). The van der Waals surface area contributed by atoms with Crippen LogP contribution in [0.25, 0.3) is 0 Å². The van der Waals surface area contributed by atoms with Crippen LogP contribution in [-0.2, 0) is 9.47 Å². The number of ether oxygens (including phenoxy) is 2. The highest BCUT2D eigenvalue weighted by atomic mass is 16.6. The molecule has 1 aromatic carbocycles. The lowest BCUT2D eigenvalue weighted by Crippen LogP contribution is -2.16. The van der Waals surface area contributed by atoms with Crippen molar-refractivity contribution >= 4 is 11.9 Å². The molecule has 174 valence electrons. The van der Waals surface area contributed by atoms with Crippen LogP contribution in [0.4, 0.5) is 0 Å². The molecule has 10 heteroatoms. The van der Waals surface area contributed by atoms with Crippen LogP contribution in [0.2, 0.25) is 0 Å². The van der Waals surface area contributed by atoms with Crippen LogP contribution < -0.4 is 0 Å². The molecular weight excluding hydrogens is 400 g/mol. The van der Waals surface area contributed by atoms with Crippen LogP contribution in [0.15, 0.2) is 24.3 Å². The first-order chi connectivity index (χ1) is 14.2. The van der Waals surface area contributed by atoms with E-state index < -0.39 is 24.5 Å². The molecule has 0 aliphatic heterocycles. The lowest BCUT2D eigenvalue weighted by atomic mass is 10.1. The van der Waals surface area contributed by atoms with Gasteiger partial charge in [0.25, 0.3) is 0 Å². The van der Waals surface area contributed by atoms with Crippen molar-refractivity contribution < 1.29 is 49.7 Å². The number of carboxylic acid groups (broad SMARTS) is 2. The molecule has 30 heavy (non-hydrogen) atoms. The summed E-state index contributed by atoms with van der Waals surface area (Å²) in [7, 11) is 0. The van der Waals surface area contributed by atoms with E-state index in [1.54, 1.807) is 0 Å². The molecule has 6 N–H and O–H groups in total. The van der Waals surface area contributed by atoms with E-state index in [2.05, 4.69) is 0 Å². The molecule has 0 aromatic heterocycles. The SMILES string of the molecule is CCCCOC(O)CO.CCCCOC(O)CO.O=C(O)c1ccccc1C(=O)O. The zero-order valence-electron chi connectivity index (χ0n) is 17.4. The van der Waals surface area contributed by atoms with Crippen molar-refractivity contribution in [3.63, 3.8) is 0 Å². The summed E-state index contributed by atoms with van der Waals surface area (Å²) in [5.41, 5.74) is -0.380. The van der Waals surface area contributed by atoms with Crippen molar-refractivity contribution in [3.8, 4) is 0 Å². The quantitative estimate of drug-likeness (QED) is 0.208. The van der Waals surface area contributed by atoms with Gasteiger partial charge in [-0.3, -0.25) is 0 Å². The van der Waals surface area contributed by atoms with Gasteiger partial charge in [0.15, 0.2) is 12.6 Å². The normalized spacial score (nSPS) is 11.9. The van der Waals surface area contributed by atoms with Crippen molar-refractivity contribution in [2.75, 3.05) is 26.4 Å². The fourth-order valence-electron chi connectivity index (χ4n) is 1.69. The third-order valence-electron chi connectivity index (χ3n) is 3.32. The van der Waals surface area contributed by atoms with Crippen LogP contribution in [-0.4, -0.2) is 81.6 Å². The summed E-state index contributed by atoms with van der Waals surface area (Å²) < 4.78 is 9.47. The van der Waals surface area contributed by atoms with Gasteiger partial charge in [0.1, 0.15) is 0 Å². The Kier molecular flexibility index (Phi) is 20.3. The Hall–Kier alpha value is -2.08. The summed E-state index contributed by atoms with van der Waals surface area (Å²) in [4.78, 5) is 20.9. The number of carboxylic acids is 2. The highest BCUT2D eigenvalue weighted by Crippen LogP contribution is 2.07. The van der Waals surface area contributed by atoms with Crippen LogP contribution in [0.5, 0.6) is 0 Å². The highest BCUT2D eigenvalue weighted by Gasteiger charge is 2.13. The molecule has 0 radical (unpaired) electrons. The topological polar surface area (TPSA) is 174 Å². The summed E-state index contributed by atoms with van der Waals surface area (Å²) in [6.45, 7) is 4.49. The molecule has 0 saturated carbocycles. The highest BCUT2D eigenvalue weighted by molar-refractivity contribution is 6.01. The first-order valence-corrected chi connectivity index (χ1v) is 9.61. The second-order valence-electron chi connectivity index (χ2n) is 5.88. The van der Waals surface area contributed by atoms with Gasteiger partial charge in [-0.2, -0.15) is 0 Å². The van der Waals surface area contributed by atoms with Gasteiger partial charge in [0.2, 0.25) is 0 Å². The van der Waals surface area contributed by atoms with Crippen molar-refractivity contribution in [1.29, 1.82) is 0 Å². The van der Waals surface area contributed by atoms with Gasteiger partial charge in [-0.05, 0) is 25.0 Å². The monoisotopic (exact) mass is 434 g/mol. The van der Waals surface area contributed by atoms with Gasteiger partial charge in [0.05, 0.1) is 24.3 Å². The summed E-state index contributed by atoms with van der Waals surface area (Å²) >= 11 is 0. The minimum Gasteiger partial charge on any atom is -0.478 e. The van der Waals surface area contributed by atoms with E-state index in [9.17, 15) is 9.59 Å². The second-order valence-corrected chi connectivity index (χ2v) is 5.88. The van der Waals surface area contributed by atoms with Gasteiger partial charge in [-0.1, -0.05) is 38.8 Å². The molecule has 10 nitrogen and oxygen atoms in total. The number of aliphatic hydroxyl groups is 4. The van der Waals surface area contributed by atoms with Crippen molar-refractivity contribution in [1.82, 2.24) is 0 Å². The van der Waals surface area contributed by atoms with Gasteiger partial charge in [0, 0.05) is 13.2 Å². The number of hydrogen-bond acceptors (Lipinski definition) is 8. The lowest BCUT2D eigenvalue weighted by Gasteiger charge is -2.06. The Morgan fingerprint density at radius 2 is 1.13 bits per heavy atom. The first kappa shape index (κ1) is 30.1. The minimum absolute atomic E-state index is 0.190. The Labute approximate surface area is 176 Å². The van der Waals surface area contributed by atoms with Gasteiger partial charge in [-0.25, -0.2) is 9.59 Å². The second kappa shape index (κ2) is 20.2. The summed E-state index contributed by atoms with van der Waals surface area (Å²) in [5.74, 6) is -2.46. The maximum Gasteiger partial charge on any atom is 0.336 e. The Bertz CT molecular complexity index is 515. The Morgan fingerprint density at radius 1 is 0.800 bits per heavy atom. The van der Waals surface area contributed by atoms with Gasteiger partial charge < -0.3 is 40.1 Å². The van der Waals surface area contributed by atoms with Crippen molar-refractivity contribution in [2.24, 2.45) is 0 Å². The lowest BCUT2D eigenvalue weighted by molar-refractivity contribution is -0.125. The number of carbonyl (C=O) groups is 2. The summed E-state index contributed by atoms with van der Waals surface area (Å²) in [6.07, 6.45) is 1.96.